The summed E-state index contributed by atoms with van der Waals surface area (Å²) in [4.78, 5) is 61.1. The Morgan fingerprint density at radius 2 is 0.911 bits per heavy atom. The molecule has 2 aromatic carbocycles. The normalized spacial score (nSPS) is 22.1. The second-order valence-electron chi connectivity index (χ2n) is 15.9. The van der Waals surface area contributed by atoms with Gasteiger partial charge in [-0.3, -0.25) is 19.6 Å². The van der Waals surface area contributed by atoms with Crippen molar-refractivity contribution >= 4 is 46.6 Å². The number of ether oxygens (including phenoxy) is 2. The number of hydrogen-bond donors (Lipinski definition) is 2. The van der Waals surface area contributed by atoms with Crippen molar-refractivity contribution in [1.29, 1.82) is 0 Å². The molecule has 2 aliphatic heterocycles. The van der Waals surface area contributed by atoms with Crippen molar-refractivity contribution in [1.82, 2.24) is 20.9 Å². The Balaban J connectivity index is 1.06. The summed E-state index contributed by atoms with van der Waals surface area (Å²) in [6, 6.07) is 16.7. The van der Waals surface area contributed by atoms with Gasteiger partial charge in [0.2, 0.25) is 11.8 Å². The number of benzene rings is 2. The first-order valence-corrected chi connectivity index (χ1v) is 20.1. The number of nitrogens with zero attached hydrogens (tertiary/aromatic N) is 4. The van der Waals surface area contributed by atoms with Gasteiger partial charge >= 0.3 is 12.2 Å². The third-order valence-corrected chi connectivity index (χ3v) is 11.7. The molecule has 2 heterocycles. The van der Waals surface area contributed by atoms with Crippen LogP contribution in [0.15, 0.2) is 70.9 Å². The van der Waals surface area contributed by atoms with E-state index in [-0.39, 0.29) is 47.6 Å². The molecular formula is C44H56N6O6. The number of hydrogen-bond acceptors (Lipinski definition) is 8. The Morgan fingerprint density at radius 3 is 1.25 bits per heavy atom. The van der Waals surface area contributed by atoms with Gasteiger partial charge in [-0.05, 0) is 86.8 Å². The van der Waals surface area contributed by atoms with Crippen LogP contribution in [0.3, 0.4) is 0 Å². The van der Waals surface area contributed by atoms with E-state index in [1.54, 1.807) is 0 Å². The molecule has 2 aliphatic carbocycles. The second kappa shape index (κ2) is 18.1. The van der Waals surface area contributed by atoms with Gasteiger partial charge in [0.1, 0.15) is 0 Å². The van der Waals surface area contributed by atoms with Gasteiger partial charge < -0.3 is 9.47 Å². The van der Waals surface area contributed by atoms with Crippen LogP contribution in [0.4, 0.5) is 9.59 Å². The Hall–Kier alpha value is -5.26. The summed E-state index contributed by atoms with van der Waals surface area (Å²) in [7, 11) is 2.59. The minimum Gasteiger partial charge on any atom is -0.452 e. The smallest absolute Gasteiger partial charge is 0.425 e. The standard InChI is InChI=1S/C44H56N6O6/c1-27(2)49(47-43(53)55-5)41(51)37-13-9-7-11-35(37)39-23-33(25-45-39)31-19-15-29(16-20-31)30-17-21-32(22-18-30)34-24-40(46-26-34)36-12-8-10-14-38(36)42(52)50(28(3)4)48-44(54)56-6/h15-22,25-28,35-38H,7-14,23-24H2,1-6H3,(H,47,53)(H,48,54)/t35-,36+,37+,38-. The fraction of sp³-hybridized carbons (Fsp3) is 0.500. The van der Waals surface area contributed by atoms with E-state index in [1.807, 2.05) is 40.1 Å². The lowest BCUT2D eigenvalue weighted by Gasteiger charge is -2.36. The molecule has 0 radical (unpaired) electrons. The van der Waals surface area contributed by atoms with Gasteiger partial charge in [0, 0.05) is 72.4 Å². The molecule has 0 aromatic heterocycles. The predicted molar refractivity (Wildman–Crippen MR) is 218 cm³/mol. The summed E-state index contributed by atoms with van der Waals surface area (Å²) in [5, 5.41) is 2.82. The quantitative estimate of drug-likeness (QED) is 0.246. The van der Waals surface area contributed by atoms with E-state index < -0.39 is 12.2 Å². The van der Waals surface area contributed by atoms with Crippen LogP contribution in [-0.2, 0) is 19.1 Å². The minimum absolute atomic E-state index is 0.0251. The molecule has 6 rings (SSSR count). The fourth-order valence-electron chi connectivity index (χ4n) is 8.63. The third-order valence-electron chi connectivity index (χ3n) is 11.7. The summed E-state index contributed by atoms with van der Waals surface area (Å²) in [6.45, 7) is 7.52. The summed E-state index contributed by atoms with van der Waals surface area (Å²) in [6.07, 6.45) is 11.3. The van der Waals surface area contributed by atoms with Crippen molar-refractivity contribution in [2.24, 2.45) is 33.7 Å². The zero-order valence-corrected chi connectivity index (χ0v) is 33.5. The van der Waals surface area contributed by atoms with Crippen LogP contribution >= 0.6 is 0 Å². The van der Waals surface area contributed by atoms with Crippen molar-refractivity contribution in [2.75, 3.05) is 14.2 Å². The maximum Gasteiger partial charge on any atom is 0.425 e. The Labute approximate surface area is 330 Å². The van der Waals surface area contributed by atoms with E-state index in [0.717, 1.165) is 96.2 Å². The van der Waals surface area contributed by atoms with Gasteiger partial charge in [-0.25, -0.2) is 30.5 Å². The molecule has 4 amide bonds. The van der Waals surface area contributed by atoms with Crippen molar-refractivity contribution < 1.29 is 28.7 Å². The Morgan fingerprint density at radius 1 is 0.571 bits per heavy atom. The summed E-state index contributed by atoms with van der Waals surface area (Å²) >= 11 is 0. The summed E-state index contributed by atoms with van der Waals surface area (Å²) in [5.41, 5.74) is 14.0. The van der Waals surface area contributed by atoms with Gasteiger partial charge in [0.05, 0.1) is 14.2 Å². The number of rotatable bonds is 9. The number of aliphatic imine (C=N–C) groups is 2. The van der Waals surface area contributed by atoms with E-state index >= 15 is 0 Å². The van der Waals surface area contributed by atoms with Gasteiger partial charge in [0.15, 0.2) is 0 Å². The van der Waals surface area contributed by atoms with Crippen molar-refractivity contribution in [3.05, 3.63) is 72.1 Å². The highest BCUT2D eigenvalue weighted by molar-refractivity contribution is 6.03. The van der Waals surface area contributed by atoms with E-state index in [4.69, 9.17) is 19.5 Å². The number of carbonyl (C=O) groups excluding carboxylic acids is 4. The highest BCUT2D eigenvalue weighted by Gasteiger charge is 2.40. The average Bonchev–Trinajstić information content (AvgIpc) is 3.93. The molecule has 12 nitrogen and oxygen atoms in total. The monoisotopic (exact) mass is 764 g/mol. The lowest BCUT2D eigenvalue weighted by Crippen LogP contribution is -2.54. The van der Waals surface area contributed by atoms with Crippen LogP contribution in [0, 0.1) is 23.7 Å². The Kier molecular flexibility index (Phi) is 13.1. The van der Waals surface area contributed by atoms with Crippen molar-refractivity contribution in [3.8, 4) is 11.1 Å². The predicted octanol–water partition coefficient (Wildman–Crippen LogP) is 8.35. The lowest BCUT2D eigenvalue weighted by atomic mass is 9.74. The second-order valence-corrected chi connectivity index (χ2v) is 15.9. The first-order chi connectivity index (χ1) is 27.0. The van der Waals surface area contributed by atoms with Gasteiger partial charge in [0.25, 0.3) is 0 Å². The molecule has 2 N–H and O–H groups in total. The lowest BCUT2D eigenvalue weighted by molar-refractivity contribution is -0.143. The van der Waals surface area contributed by atoms with Crippen LogP contribution < -0.4 is 10.9 Å². The molecular weight excluding hydrogens is 709 g/mol. The molecule has 0 bridgehead atoms. The summed E-state index contributed by atoms with van der Waals surface area (Å²) < 4.78 is 9.54. The molecule has 0 unspecified atom stereocenters. The Bertz CT molecular complexity index is 1760. The van der Waals surface area contributed by atoms with Crippen molar-refractivity contribution in [3.63, 3.8) is 0 Å². The van der Waals surface area contributed by atoms with Crippen molar-refractivity contribution in [2.45, 2.75) is 104 Å². The number of carbonyl (C=O) groups is 4. The molecule has 298 valence electrons. The van der Waals surface area contributed by atoms with E-state index in [0.29, 0.717) is 12.8 Å². The molecule has 2 aromatic rings. The molecule has 56 heavy (non-hydrogen) atoms. The maximum atomic E-state index is 13.7. The fourth-order valence-corrected chi connectivity index (χ4v) is 8.63. The minimum atomic E-state index is -0.651. The number of amides is 4. The van der Waals surface area contributed by atoms with Gasteiger partial charge in [-0.15, -0.1) is 0 Å². The largest absolute Gasteiger partial charge is 0.452 e. The van der Waals surface area contributed by atoms with Crippen LogP contribution in [0.5, 0.6) is 0 Å². The van der Waals surface area contributed by atoms with E-state index in [2.05, 4.69) is 59.4 Å². The molecule has 12 heteroatoms. The molecule has 0 spiro atoms. The van der Waals surface area contributed by atoms with Crippen LogP contribution in [0.25, 0.3) is 22.3 Å². The van der Waals surface area contributed by atoms with Crippen LogP contribution in [-0.4, -0.2) is 71.7 Å². The third kappa shape index (κ3) is 9.06. The average molecular weight is 765 g/mol. The van der Waals surface area contributed by atoms with Crippen LogP contribution in [0.2, 0.25) is 0 Å². The molecule has 4 aliphatic rings. The summed E-state index contributed by atoms with van der Waals surface area (Å²) in [5.74, 6) is -0.621. The number of allylic oxidation sites excluding steroid dienone is 2. The van der Waals surface area contributed by atoms with E-state index in [1.165, 1.54) is 24.2 Å². The number of methoxy groups -OCH3 is 2. The molecule has 0 saturated heterocycles. The van der Waals surface area contributed by atoms with Crippen LogP contribution in [0.1, 0.15) is 103 Å². The number of hydrazine groups is 2. The van der Waals surface area contributed by atoms with E-state index in [9.17, 15) is 19.2 Å². The molecule has 2 saturated carbocycles. The molecule has 2 fully saturated rings. The number of nitrogens with one attached hydrogen (secondary N) is 2. The first kappa shape index (κ1) is 40.4. The topological polar surface area (TPSA) is 142 Å². The SMILES string of the molecule is COC(=O)NN(C(=O)[C@H]1CCCC[C@H]1C1=NC=C(c2ccc(-c3ccc(C4=CN=C([C@H]5CCCC[C@H]5C(=O)N(NC(=O)OC)C(C)C)C4)cc3)cc2)C1)C(C)C. The highest BCUT2D eigenvalue weighted by atomic mass is 16.5. The molecule has 4 atom stereocenters. The van der Waals surface area contributed by atoms with Gasteiger partial charge in [-0.1, -0.05) is 74.2 Å². The zero-order chi connectivity index (χ0) is 39.9. The zero-order valence-electron chi connectivity index (χ0n) is 33.5. The highest BCUT2D eigenvalue weighted by Crippen LogP contribution is 2.40. The first-order valence-electron chi connectivity index (χ1n) is 20.1. The maximum absolute atomic E-state index is 13.7. The van der Waals surface area contributed by atoms with Gasteiger partial charge in [-0.2, -0.15) is 0 Å².